The van der Waals surface area contributed by atoms with Crippen LogP contribution in [0.2, 0.25) is 5.02 Å². The average molecular weight is 353 g/mol. The highest BCUT2D eigenvalue weighted by molar-refractivity contribution is 6.30. The van der Waals surface area contributed by atoms with Gasteiger partial charge in [0, 0.05) is 36.4 Å². The monoisotopic (exact) mass is 352 g/mol. The second-order valence-corrected chi connectivity index (χ2v) is 6.08. The minimum atomic E-state index is -0.248. The zero-order valence-electron chi connectivity index (χ0n) is 14.2. The van der Waals surface area contributed by atoms with Crippen molar-refractivity contribution in [3.05, 3.63) is 29.3 Å². The predicted molar refractivity (Wildman–Crippen MR) is 97.8 cm³/mol. The highest BCUT2D eigenvalue weighted by Gasteiger charge is 2.23. The second-order valence-electron chi connectivity index (χ2n) is 5.64. The molecule has 132 valence electrons. The van der Waals surface area contributed by atoms with Crippen molar-refractivity contribution in [2.24, 2.45) is 4.99 Å². The molecule has 0 saturated carbocycles. The van der Waals surface area contributed by atoms with E-state index in [1.54, 1.807) is 0 Å². The number of halogens is 1. The molecule has 0 radical (unpaired) electrons. The van der Waals surface area contributed by atoms with Crippen LogP contribution in [0.15, 0.2) is 29.3 Å². The molecular formula is C17H25ClN4O2. The van der Waals surface area contributed by atoms with E-state index in [0.717, 1.165) is 42.7 Å². The van der Waals surface area contributed by atoms with E-state index in [2.05, 4.69) is 31.3 Å². The summed E-state index contributed by atoms with van der Waals surface area (Å²) in [6, 6.07) is 8.22. The molecule has 0 aromatic heterocycles. The Bertz CT molecular complexity index is 579. The number of anilines is 1. The number of benzene rings is 1. The normalized spacial score (nSPS) is 17.7. The Balaban J connectivity index is 1.88. The van der Waals surface area contributed by atoms with Gasteiger partial charge in [-0.2, -0.15) is 0 Å². The Kier molecular flexibility index (Phi) is 7.18. The van der Waals surface area contributed by atoms with E-state index in [4.69, 9.17) is 11.6 Å². The standard InChI is InChI=1S/C17H25ClN4O2/c1-3-19-17(20-9-7-16(23)24-2)21-14-8-10-22(12-14)15-6-4-5-13(18)11-15/h4-6,11,14H,3,7-10,12H2,1-2H3,(H2,19,20,21). The summed E-state index contributed by atoms with van der Waals surface area (Å²) in [7, 11) is 1.39. The number of aliphatic imine (C=N–C) groups is 1. The Morgan fingerprint density at radius 3 is 3.04 bits per heavy atom. The lowest BCUT2D eigenvalue weighted by atomic mass is 10.2. The van der Waals surface area contributed by atoms with E-state index in [0.29, 0.717) is 12.6 Å². The number of nitrogens with zero attached hydrogens (tertiary/aromatic N) is 2. The number of hydrogen-bond donors (Lipinski definition) is 2. The fourth-order valence-corrected chi connectivity index (χ4v) is 2.84. The van der Waals surface area contributed by atoms with Gasteiger partial charge in [-0.3, -0.25) is 9.79 Å². The number of carbonyl (C=O) groups excluding carboxylic acids is 1. The number of hydrogen-bond acceptors (Lipinski definition) is 4. The van der Waals surface area contributed by atoms with Crippen molar-refractivity contribution >= 4 is 29.2 Å². The minimum Gasteiger partial charge on any atom is -0.469 e. The Hall–Kier alpha value is -1.95. The summed E-state index contributed by atoms with van der Waals surface area (Å²) < 4.78 is 4.63. The van der Waals surface area contributed by atoms with Gasteiger partial charge in [-0.1, -0.05) is 17.7 Å². The van der Waals surface area contributed by atoms with Crippen LogP contribution in [0.4, 0.5) is 5.69 Å². The quantitative estimate of drug-likeness (QED) is 0.466. The van der Waals surface area contributed by atoms with Crippen molar-refractivity contribution < 1.29 is 9.53 Å². The van der Waals surface area contributed by atoms with E-state index in [1.165, 1.54) is 7.11 Å². The lowest BCUT2D eigenvalue weighted by molar-refractivity contribution is -0.140. The largest absolute Gasteiger partial charge is 0.469 e. The molecule has 6 nitrogen and oxygen atoms in total. The number of nitrogens with one attached hydrogen (secondary N) is 2. The van der Waals surface area contributed by atoms with Gasteiger partial charge < -0.3 is 20.3 Å². The van der Waals surface area contributed by atoms with Crippen molar-refractivity contribution in [2.75, 3.05) is 38.2 Å². The first-order valence-corrected chi connectivity index (χ1v) is 8.62. The third-order valence-corrected chi connectivity index (χ3v) is 4.10. The molecule has 1 aliphatic heterocycles. The fraction of sp³-hybridized carbons (Fsp3) is 0.529. The van der Waals surface area contributed by atoms with E-state index in [9.17, 15) is 4.79 Å². The van der Waals surface area contributed by atoms with Gasteiger partial charge in [0.1, 0.15) is 0 Å². The molecule has 1 heterocycles. The topological polar surface area (TPSA) is 66.0 Å². The van der Waals surface area contributed by atoms with Gasteiger partial charge in [0.25, 0.3) is 0 Å². The van der Waals surface area contributed by atoms with Gasteiger partial charge >= 0.3 is 5.97 Å². The summed E-state index contributed by atoms with van der Waals surface area (Å²) in [5.41, 5.74) is 1.14. The predicted octanol–water partition coefficient (Wildman–Crippen LogP) is 2.04. The van der Waals surface area contributed by atoms with Crippen molar-refractivity contribution in [2.45, 2.75) is 25.8 Å². The minimum absolute atomic E-state index is 0.248. The molecule has 0 spiro atoms. The first-order valence-electron chi connectivity index (χ1n) is 8.24. The Labute approximate surface area is 148 Å². The highest BCUT2D eigenvalue weighted by Crippen LogP contribution is 2.23. The summed E-state index contributed by atoms with van der Waals surface area (Å²) >= 11 is 6.07. The van der Waals surface area contributed by atoms with Crippen LogP contribution in [0, 0.1) is 0 Å². The van der Waals surface area contributed by atoms with Crippen molar-refractivity contribution in [1.29, 1.82) is 0 Å². The molecule has 7 heteroatoms. The van der Waals surface area contributed by atoms with Gasteiger partial charge in [0.2, 0.25) is 0 Å². The SMILES string of the molecule is CCNC(=NCCC(=O)OC)NC1CCN(c2cccc(Cl)c2)C1. The van der Waals surface area contributed by atoms with Crippen LogP contribution in [0.5, 0.6) is 0 Å². The molecule has 1 saturated heterocycles. The van der Waals surface area contributed by atoms with Crippen LogP contribution in [-0.4, -0.2) is 51.3 Å². The van der Waals surface area contributed by atoms with E-state index >= 15 is 0 Å². The number of methoxy groups -OCH3 is 1. The number of rotatable bonds is 6. The molecule has 1 aliphatic rings. The maximum Gasteiger partial charge on any atom is 0.307 e. The summed E-state index contributed by atoms with van der Waals surface area (Å²) in [6.45, 7) is 5.06. The maximum absolute atomic E-state index is 11.2. The zero-order chi connectivity index (χ0) is 17.4. The molecule has 1 unspecified atom stereocenters. The number of esters is 1. The third kappa shape index (κ3) is 5.60. The van der Waals surface area contributed by atoms with Crippen molar-refractivity contribution in [3.8, 4) is 0 Å². The lowest BCUT2D eigenvalue weighted by Gasteiger charge is -2.20. The summed E-state index contributed by atoms with van der Waals surface area (Å²) in [5, 5.41) is 7.40. The van der Waals surface area contributed by atoms with Crippen LogP contribution in [-0.2, 0) is 9.53 Å². The Morgan fingerprint density at radius 2 is 2.33 bits per heavy atom. The number of guanidine groups is 1. The second kappa shape index (κ2) is 9.37. The van der Waals surface area contributed by atoms with E-state index in [-0.39, 0.29) is 12.4 Å². The first kappa shape index (κ1) is 18.4. The highest BCUT2D eigenvalue weighted by atomic mass is 35.5. The van der Waals surface area contributed by atoms with E-state index < -0.39 is 0 Å². The van der Waals surface area contributed by atoms with Gasteiger partial charge in [-0.05, 0) is 31.5 Å². The third-order valence-electron chi connectivity index (χ3n) is 3.86. The lowest BCUT2D eigenvalue weighted by Crippen LogP contribution is -2.44. The molecule has 1 aromatic carbocycles. The molecule has 0 aliphatic carbocycles. The molecule has 0 bridgehead atoms. The summed E-state index contributed by atoms with van der Waals surface area (Å²) in [6.07, 6.45) is 1.31. The average Bonchev–Trinajstić information content (AvgIpc) is 3.03. The number of carbonyl (C=O) groups is 1. The smallest absolute Gasteiger partial charge is 0.307 e. The van der Waals surface area contributed by atoms with Crippen LogP contribution >= 0.6 is 11.6 Å². The number of ether oxygens (including phenoxy) is 1. The molecule has 1 atom stereocenters. The van der Waals surface area contributed by atoms with Crippen LogP contribution in [0.1, 0.15) is 19.8 Å². The van der Waals surface area contributed by atoms with Crippen molar-refractivity contribution in [1.82, 2.24) is 10.6 Å². The van der Waals surface area contributed by atoms with Gasteiger partial charge in [-0.15, -0.1) is 0 Å². The fourth-order valence-electron chi connectivity index (χ4n) is 2.66. The van der Waals surface area contributed by atoms with Gasteiger partial charge in [0.05, 0.1) is 20.1 Å². The summed E-state index contributed by atoms with van der Waals surface area (Å²) in [5.74, 6) is 0.488. The molecule has 1 fully saturated rings. The van der Waals surface area contributed by atoms with Crippen molar-refractivity contribution in [3.63, 3.8) is 0 Å². The Morgan fingerprint density at radius 1 is 1.50 bits per heavy atom. The molecule has 2 N–H and O–H groups in total. The molecular weight excluding hydrogens is 328 g/mol. The van der Waals surface area contributed by atoms with E-state index in [1.807, 2.05) is 25.1 Å². The van der Waals surface area contributed by atoms with Crippen LogP contribution in [0.3, 0.4) is 0 Å². The molecule has 24 heavy (non-hydrogen) atoms. The van der Waals surface area contributed by atoms with Gasteiger partial charge in [0.15, 0.2) is 5.96 Å². The summed E-state index contributed by atoms with van der Waals surface area (Å²) in [4.78, 5) is 17.9. The zero-order valence-corrected chi connectivity index (χ0v) is 15.0. The molecule has 2 rings (SSSR count). The van der Waals surface area contributed by atoms with Crippen LogP contribution in [0.25, 0.3) is 0 Å². The van der Waals surface area contributed by atoms with Crippen LogP contribution < -0.4 is 15.5 Å². The molecule has 0 amide bonds. The first-order chi connectivity index (χ1) is 11.6. The molecule has 1 aromatic rings. The maximum atomic E-state index is 11.2. The van der Waals surface area contributed by atoms with Gasteiger partial charge in [-0.25, -0.2) is 0 Å².